The highest BCUT2D eigenvalue weighted by Gasteiger charge is 2.50. The molecule has 0 aliphatic carbocycles. The number of esters is 1. The van der Waals surface area contributed by atoms with Gasteiger partial charge in [-0.05, 0) is 31.9 Å². The van der Waals surface area contributed by atoms with Crippen molar-refractivity contribution in [1.29, 1.82) is 0 Å². The molecule has 1 aliphatic rings. The zero-order chi connectivity index (χ0) is 24.6. The minimum absolute atomic E-state index is 0.0764. The third-order valence-corrected chi connectivity index (χ3v) is 5.16. The molecule has 0 radical (unpaired) electrons. The summed E-state index contributed by atoms with van der Waals surface area (Å²) in [6.45, 7) is 5.98. The number of hydrogen-bond donors (Lipinski definition) is 1. The van der Waals surface area contributed by atoms with Crippen LogP contribution in [0.2, 0.25) is 0 Å². The molecule has 0 bridgehead atoms. The van der Waals surface area contributed by atoms with Crippen LogP contribution in [0, 0.1) is 0 Å². The highest BCUT2D eigenvalue weighted by molar-refractivity contribution is 5.76. The molecule has 8 heteroatoms. The van der Waals surface area contributed by atoms with Crippen molar-refractivity contribution in [3.63, 3.8) is 0 Å². The van der Waals surface area contributed by atoms with E-state index in [0.717, 1.165) is 11.1 Å². The predicted octanol–water partition coefficient (Wildman–Crippen LogP) is 3.62. The SMILES string of the molecule is COC(=O)[C@H]1O[C@H](CNC(=O)OC(C)(C)C)[C@@H](OCc2ccccc2)[C@@H]1OCc1ccccc1. The van der Waals surface area contributed by atoms with Crippen LogP contribution in [0.4, 0.5) is 4.79 Å². The molecular weight excluding hydrogens is 438 g/mol. The molecule has 184 valence electrons. The Morgan fingerprint density at radius 2 is 1.41 bits per heavy atom. The Morgan fingerprint density at radius 3 is 1.91 bits per heavy atom. The van der Waals surface area contributed by atoms with E-state index in [9.17, 15) is 9.59 Å². The molecule has 1 amide bonds. The van der Waals surface area contributed by atoms with Crippen LogP contribution in [0.15, 0.2) is 60.7 Å². The standard InChI is InChI=1S/C26H33NO7/c1-26(2,3)34-25(29)27-15-20-21(31-16-18-11-7-5-8-12-18)22(23(33-20)24(28)30-4)32-17-19-13-9-6-10-14-19/h5-14,20-23H,15-17H2,1-4H3,(H,27,29)/t20-,21-,22+,23+/m1/s1. The van der Waals surface area contributed by atoms with Gasteiger partial charge in [0.25, 0.3) is 0 Å². The lowest BCUT2D eigenvalue weighted by molar-refractivity contribution is -0.159. The fourth-order valence-corrected chi connectivity index (χ4v) is 3.61. The number of amides is 1. The van der Waals surface area contributed by atoms with Crippen LogP contribution in [-0.4, -0.2) is 55.7 Å². The Balaban J connectivity index is 1.76. The molecule has 2 aromatic carbocycles. The molecule has 0 unspecified atom stereocenters. The van der Waals surface area contributed by atoms with E-state index >= 15 is 0 Å². The van der Waals surface area contributed by atoms with Gasteiger partial charge in [0.15, 0.2) is 6.10 Å². The van der Waals surface area contributed by atoms with Gasteiger partial charge in [-0.3, -0.25) is 0 Å². The first kappa shape index (κ1) is 25.7. The third-order valence-electron chi connectivity index (χ3n) is 5.16. The van der Waals surface area contributed by atoms with Gasteiger partial charge >= 0.3 is 12.1 Å². The van der Waals surface area contributed by atoms with Crippen LogP contribution in [-0.2, 0) is 41.7 Å². The average molecular weight is 472 g/mol. The molecule has 3 rings (SSSR count). The summed E-state index contributed by atoms with van der Waals surface area (Å²) in [4.78, 5) is 24.7. The molecule has 0 saturated carbocycles. The number of methoxy groups -OCH3 is 1. The lowest BCUT2D eigenvalue weighted by Gasteiger charge is -2.25. The second kappa shape index (κ2) is 12.0. The lowest BCUT2D eigenvalue weighted by atomic mass is 10.1. The summed E-state index contributed by atoms with van der Waals surface area (Å²) in [5.41, 5.74) is 1.27. The number of hydrogen-bond acceptors (Lipinski definition) is 7. The topological polar surface area (TPSA) is 92.3 Å². The number of carbonyl (C=O) groups excluding carboxylic acids is 2. The maximum absolute atomic E-state index is 12.5. The van der Waals surface area contributed by atoms with Crippen molar-refractivity contribution in [2.45, 2.75) is 64.0 Å². The van der Waals surface area contributed by atoms with Crippen molar-refractivity contribution < 1.29 is 33.3 Å². The fraction of sp³-hybridized carbons (Fsp3) is 0.462. The van der Waals surface area contributed by atoms with E-state index in [4.69, 9.17) is 23.7 Å². The second-order valence-electron chi connectivity index (χ2n) is 9.02. The molecule has 1 N–H and O–H groups in total. The van der Waals surface area contributed by atoms with Gasteiger partial charge in [-0.25, -0.2) is 9.59 Å². The van der Waals surface area contributed by atoms with E-state index in [1.165, 1.54) is 7.11 Å². The smallest absolute Gasteiger partial charge is 0.407 e. The van der Waals surface area contributed by atoms with Gasteiger partial charge in [0.2, 0.25) is 0 Å². The first-order chi connectivity index (χ1) is 16.3. The summed E-state index contributed by atoms with van der Waals surface area (Å²) < 4.78 is 28.6. The summed E-state index contributed by atoms with van der Waals surface area (Å²) in [5.74, 6) is -0.564. The fourth-order valence-electron chi connectivity index (χ4n) is 3.61. The maximum atomic E-state index is 12.5. The minimum atomic E-state index is -1.00. The first-order valence-electron chi connectivity index (χ1n) is 11.3. The molecule has 2 aromatic rings. The molecule has 1 aliphatic heterocycles. The van der Waals surface area contributed by atoms with Gasteiger partial charge in [0.05, 0.1) is 20.3 Å². The summed E-state index contributed by atoms with van der Waals surface area (Å²) in [7, 11) is 1.30. The van der Waals surface area contributed by atoms with Crippen molar-refractivity contribution in [2.75, 3.05) is 13.7 Å². The van der Waals surface area contributed by atoms with E-state index in [-0.39, 0.29) is 19.8 Å². The van der Waals surface area contributed by atoms with Crippen molar-refractivity contribution >= 4 is 12.1 Å². The van der Waals surface area contributed by atoms with Crippen LogP contribution < -0.4 is 5.32 Å². The van der Waals surface area contributed by atoms with Gasteiger partial charge in [-0.1, -0.05) is 60.7 Å². The number of ether oxygens (including phenoxy) is 5. The van der Waals surface area contributed by atoms with Gasteiger partial charge in [0, 0.05) is 6.54 Å². The number of benzene rings is 2. The Kier molecular flexibility index (Phi) is 9.04. The quantitative estimate of drug-likeness (QED) is 0.559. The van der Waals surface area contributed by atoms with Gasteiger partial charge in [-0.15, -0.1) is 0 Å². The maximum Gasteiger partial charge on any atom is 0.407 e. The van der Waals surface area contributed by atoms with Crippen LogP contribution in [0.1, 0.15) is 31.9 Å². The van der Waals surface area contributed by atoms with Gasteiger partial charge in [-0.2, -0.15) is 0 Å². The number of carbonyl (C=O) groups is 2. The highest BCUT2D eigenvalue weighted by atomic mass is 16.6. The van der Waals surface area contributed by atoms with E-state index in [1.807, 2.05) is 60.7 Å². The zero-order valence-electron chi connectivity index (χ0n) is 20.1. The summed E-state index contributed by atoms with van der Waals surface area (Å²) in [5, 5.41) is 2.71. The van der Waals surface area contributed by atoms with Crippen molar-refractivity contribution in [2.24, 2.45) is 0 Å². The molecule has 0 aromatic heterocycles. The molecule has 1 heterocycles. The van der Waals surface area contributed by atoms with Crippen molar-refractivity contribution in [3.8, 4) is 0 Å². The van der Waals surface area contributed by atoms with Crippen LogP contribution in [0.5, 0.6) is 0 Å². The Hall–Kier alpha value is -2.94. The zero-order valence-corrected chi connectivity index (χ0v) is 20.1. The average Bonchev–Trinajstić information content (AvgIpc) is 3.17. The second-order valence-corrected chi connectivity index (χ2v) is 9.02. The first-order valence-corrected chi connectivity index (χ1v) is 11.3. The van der Waals surface area contributed by atoms with Crippen LogP contribution >= 0.6 is 0 Å². The Morgan fingerprint density at radius 1 is 0.882 bits per heavy atom. The van der Waals surface area contributed by atoms with E-state index in [1.54, 1.807) is 20.8 Å². The number of alkyl carbamates (subject to hydrolysis) is 1. The molecule has 1 saturated heterocycles. The largest absolute Gasteiger partial charge is 0.467 e. The number of rotatable bonds is 9. The molecule has 34 heavy (non-hydrogen) atoms. The molecule has 1 fully saturated rings. The normalized spacial score (nSPS) is 22.2. The Bertz CT molecular complexity index is 914. The molecule has 8 nitrogen and oxygen atoms in total. The van der Waals surface area contributed by atoms with E-state index < -0.39 is 42.1 Å². The van der Waals surface area contributed by atoms with Crippen LogP contribution in [0.25, 0.3) is 0 Å². The molecule has 4 atom stereocenters. The highest BCUT2D eigenvalue weighted by Crippen LogP contribution is 2.29. The van der Waals surface area contributed by atoms with Crippen molar-refractivity contribution in [1.82, 2.24) is 5.32 Å². The monoisotopic (exact) mass is 471 g/mol. The molecular formula is C26H33NO7. The minimum Gasteiger partial charge on any atom is -0.467 e. The van der Waals surface area contributed by atoms with Gasteiger partial charge in [0.1, 0.15) is 23.9 Å². The summed E-state index contributed by atoms with van der Waals surface area (Å²) in [6.07, 6.45) is -3.60. The van der Waals surface area contributed by atoms with E-state index in [2.05, 4.69) is 5.32 Å². The predicted molar refractivity (Wildman–Crippen MR) is 125 cm³/mol. The summed E-state index contributed by atoms with van der Waals surface area (Å²) >= 11 is 0. The van der Waals surface area contributed by atoms with Crippen molar-refractivity contribution in [3.05, 3.63) is 71.8 Å². The lowest BCUT2D eigenvalue weighted by Crippen LogP contribution is -2.44. The van der Waals surface area contributed by atoms with E-state index in [0.29, 0.717) is 0 Å². The molecule has 0 spiro atoms. The Labute approximate surface area is 200 Å². The third kappa shape index (κ3) is 7.55. The summed E-state index contributed by atoms with van der Waals surface area (Å²) in [6, 6.07) is 19.3. The number of nitrogens with one attached hydrogen (secondary N) is 1. The van der Waals surface area contributed by atoms with Gasteiger partial charge < -0.3 is 29.0 Å². The van der Waals surface area contributed by atoms with Crippen LogP contribution in [0.3, 0.4) is 0 Å².